The fraction of sp³-hybridized carbons (Fsp3) is 0.133. The first-order valence-corrected chi connectivity index (χ1v) is 6.05. The van der Waals surface area contributed by atoms with Gasteiger partial charge in [-0.2, -0.15) is 0 Å². The van der Waals surface area contributed by atoms with Gasteiger partial charge in [-0.25, -0.2) is 8.78 Å². The minimum atomic E-state index is -1.11. The molecule has 0 fully saturated rings. The number of benzene rings is 2. The van der Waals surface area contributed by atoms with Crippen LogP contribution in [0.15, 0.2) is 36.4 Å². The Kier molecular flexibility index (Phi) is 3.98. The van der Waals surface area contributed by atoms with E-state index in [4.69, 9.17) is 10.5 Å². The van der Waals surface area contributed by atoms with Gasteiger partial charge in [-0.1, -0.05) is 12.1 Å². The molecule has 104 valence electrons. The van der Waals surface area contributed by atoms with E-state index in [9.17, 15) is 13.6 Å². The summed E-state index contributed by atoms with van der Waals surface area (Å²) < 4.78 is 32.6. The maximum Gasteiger partial charge on any atom is 0.248 e. The molecule has 0 aromatic heterocycles. The van der Waals surface area contributed by atoms with Crippen molar-refractivity contribution in [2.75, 3.05) is 6.61 Å². The maximum absolute atomic E-state index is 13.8. The Hall–Kier alpha value is -2.43. The lowest BCUT2D eigenvalue weighted by atomic mass is 10.0. The first-order chi connectivity index (χ1) is 9.52. The number of primary amides is 1. The molecule has 2 N–H and O–H groups in total. The minimum absolute atomic E-state index is 0.0122. The Morgan fingerprint density at radius 1 is 1.20 bits per heavy atom. The Morgan fingerprint density at radius 2 is 1.85 bits per heavy atom. The second-order valence-corrected chi connectivity index (χ2v) is 4.14. The summed E-state index contributed by atoms with van der Waals surface area (Å²) in [5.41, 5.74) is 5.44. The number of rotatable bonds is 4. The molecule has 20 heavy (non-hydrogen) atoms. The third-order valence-electron chi connectivity index (χ3n) is 2.79. The van der Waals surface area contributed by atoms with Crippen LogP contribution in [0.3, 0.4) is 0 Å². The standard InChI is InChI=1S/C15H13F2NO2/c1-2-20-11-5-3-9(4-6-11)12-7-10(15(18)19)8-13(16)14(12)17/h3-8H,2H2,1H3,(H2,18,19). The van der Waals surface area contributed by atoms with E-state index in [1.807, 2.05) is 6.92 Å². The van der Waals surface area contributed by atoms with Crippen molar-refractivity contribution in [1.82, 2.24) is 0 Å². The molecule has 2 aromatic rings. The van der Waals surface area contributed by atoms with E-state index >= 15 is 0 Å². The third kappa shape index (κ3) is 2.77. The minimum Gasteiger partial charge on any atom is -0.494 e. The molecular formula is C15H13F2NO2. The van der Waals surface area contributed by atoms with E-state index in [0.717, 1.165) is 6.07 Å². The van der Waals surface area contributed by atoms with E-state index in [-0.39, 0.29) is 11.1 Å². The Labute approximate surface area is 115 Å². The first-order valence-electron chi connectivity index (χ1n) is 6.05. The molecule has 3 nitrogen and oxygen atoms in total. The van der Waals surface area contributed by atoms with E-state index in [2.05, 4.69) is 0 Å². The smallest absolute Gasteiger partial charge is 0.248 e. The van der Waals surface area contributed by atoms with Crippen molar-refractivity contribution in [2.24, 2.45) is 5.73 Å². The lowest BCUT2D eigenvalue weighted by Crippen LogP contribution is -2.12. The summed E-state index contributed by atoms with van der Waals surface area (Å²) in [6, 6.07) is 8.49. The van der Waals surface area contributed by atoms with Crippen LogP contribution in [0.2, 0.25) is 0 Å². The molecular weight excluding hydrogens is 264 g/mol. The average Bonchev–Trinajstić information content (AvgIpc) is 2.43. The van der Waals surface area contributed by atoms with Crippen LogP contribution in [-0.4, -0.2) is 12.5 Å². The van der Waals surface area contributed by atoms with Gasteiger partial charge < -0.3 is 10.5 Å². The van der Waals surface area contributed by atoms with Crippen LogP contribution in [0.4, 0.5) is 8.78 Å². The van der Waals surface area contributed by atoms with Gasteiger partial charge in [0.1, 0.15) is 5.75 Å². The van der Waals surface area contributed by atoms with E-state index in [0.29, 0.717) is 17.9 Å². The normalized spacial score (nSPS) is 10.3. The molecule has 0 atom stereocenters. The first kappa shape index (κ1) is 14.0. The van der Waals surface area contributed by atoms with Crippen molar-refractivity contribution in [1.29, 1.82) is 0 Å². The van der Waals surface area contributed by atoms with Crippen LogP contribution < -0.4 is 10.5 Å². The molecule has 0 aliphatic rings. The predicted octanol–water partition coefficient (Wildman–Crippen LogP) is 3.13. The number of hydrogen-bond donors (Lipinski definition) is 1. The van der Waals surface area contributed by atoms with Gasteiger partial charge in [0, 0.05) is 11.1 Å². The van der Waals surface area contributed by atoms with Crippen molar-refractivity contribution in [2.45, 2.75) is 6.92 Å². The van der Waals surface area contributed by atoms with Crippen LogP contribution >= 0.6 is 0 Å². The summed E-state index contributed by atoms with van der Waals surface area (Å²) in [7, 11) is 0. The summed E-state index contributed by atoms with van der Waals surface area (Å²) in [5, 5.41) is 0. The van der Waals surface area contributed by atoms with Crippen LogP contribution in [0.5, 0.6) is 5.75 Å². The van der Waals surface area contributed by atoms with Crippen LogP contribution in [0, 0.1) is 11.6 Å². The van der Waals surface area contributed by atoms with Gasteiger partial charge in [-0.15, -0.1) is 0 Å². The highest BCUT2D eigenvalue weighted by molar-refractivity contribution is 5.94. The van der Waals surface area contributed by atoms with Crippen LogP contribution in [0.1, 0.15) is 17.3 Å². The second kappa shape index (κ2) is 5.69. The summed E-state index contributed by atoms with van der Waals surface area (Å²) in [6.07, 6.45) is 0. The van der Waals surface area contributed by atoms with E-state index < -0.39 is 17.5 Å². The van der Waals surface area contributed by atoms with Gasteiger partial charge in [-0.05, 0) is 36.8 Å². The summed E-state index contributed by atoms with van der Waals surface area (Å²) >= 11 is 0. The molecule has 0 spiro atoms. The maximum atomic E-state index is 13.8. The molecule has 2 rings (SSSR count). The van der Waals surface area contributed by atoms with Crippen LogP contribution in [0.25, 0.3) is 11.1 Å². The largest absolute Gasteiger partial charge is 0.494 e. The average molecular weight is 277 g/mol. The molecule has 0 heterocycles. The lowest BCUT2D eigenvalue weighted by molar-refractivity contribution is 0.1000. The number of hydrogen-bond acceptors (Lipinski definition) is 2. The summed E-state index contributed by atoms with van der Waals surface area (Å²) in [5.74, 6) is -2.30. The van der Waals surface area contributed by atoms with Gasteiger partial charge in [0.05, 0.1) is 6.61 Å². The lowest BCUT2D eigenvalue weighted by Gasteiger charge is -2.08. The highest BCUT2D eigenvalue weighted by Crippen LogP contribution is 2.27. The quantitative estimate of drug-likeness (QED) is 0.933. The zero-order valence-electron chi connectivity index (χ0n) is 10.8. The predicted molar refractivity (Wildman–Crippen MR) is 71.5 cm³/mol. The van der Waals surface area contributed by atoms with Crippen LogP contribution in [-0.2, 0) is 0 Å². The van der Waals surface area contributed by atoms with E-state index in [1.165, 1.54) is 6.07 Å². The number of ether oxygens (including phenoxy) is 1. The SMILES string of the molecule is CCOc1ccc(-c2cc(C(N)=O)cc(F)c2F)cc1. The zero-order chi connectivity index (χ0) is 14.7. The second-order valence-electron chi connectivity index (χ2n) is 4.14. The van der Waals surface area contributed by atoms with Gasteiger partial charge in [0.25, 0.3) is 0 Å². The molecule has 0 saturated carbocycles. The molecule has 0 aliphatic carbocycles. The van der Waals surface area contributed by atoms with Gasteiger partial charge in [0.15, 0.2) is 11.6 Å². The monoisotopic (exact) mass is 277 g/mol. The Bertz CT molecular complexity index is 639. The van der Waals surface area contributed by atoms with E-state index in [1.54, 1.807) is 24.3 Å². The molecule has 0 aliphatic heterocycles. The van der Waals surface area contributed by atoms with Crippen molar-refractivity contribution >= 4 is 5.91 Å². The topological polar surface area (TPSA) is 52.3 Å². The van der Waals surface area contributed by atoms with Crippen molar-refractivity contribution < 1.29 is 18.3 Å². The van der Waals surface area contributed by atoms with Crippen molar-refractivity contribution in [3.63, 3.8) is 0 Å². The molecule has 0 unspecified atom stereocenters. The molecule has 0 saturated heterocycles. The van der Waals surface area contributed by atoms with Crippen molar-refractivity contribution in [3.05, 3.63) is 53.6 Å². The fourth-order valence-electron chi connectivity index (χ4n) is 1.84. The number of halogens is 2. The third-order valence-corrected chi connectivity index (χ3v) is 2.79. The number of amides is 1. The van der Waals surface area contributed by atoms with Gasteiger partial charge >= 0.3 is 0 Å². The summed E-state index contributed by atoms with van der Waals surface area (Å²) in [6.45, 7) is 2.36. The summed E-state index contributed by atoms with van der Waals surface area (Å²) in [4.78, 5) is 11.1. The molecule has 5 heteroatoms. The Morgan fingerprint density at radius 3 is 2.40 bits per heavy atom. The molecule has 1 amide bonds. The number of carbonyl (C=O) groups is 1. The highest BCUT2D eigenvalue weighted by atomic mass is 19.2. The van der Waals surface area contributed by atoms with Gasteiger partial charge in [0.2, 0.25) is 5.91 Å². The molecule has 2 aromatic carbocycles. The Balaban J connectivity index is 2.48. The highest BCUT2D eigenvalue weighted by Gasteiger charge is 2.14. The fourth-order valence-corrected chi connectivity index (χ4v) is 1.84. The molecule has 0 radical (unpaired) electrons. The molecule has 0 bridgehead atoms. The number of nitrogens with two attached hydrogens (primary N) is 1. The zero-order valence-corrected chi connectivity index (χ0v) is 10.8. The number of carbonyl (C=O) groups excluding carboxylic acids is 1. The van der Waals surface area contributed by atoms with Gasteiger partial charge in [-0.3, -0.25) is 4.79 Å². The van der Waals surface area contributed by atoms with Crippen molar-refractivity contribution in [3.8, 4) is 16.9 Å².